The van der Waals surface area contributed by atoms with Gasteiger partial charge in [-0.05, 0) is 60.5 Å². The van der Waals surface area contributed by atoms with E-state index in [1.807, 2.05) is 25.1 Å². The lowest BCUT2D eigenvalue weighted by Gasteiger charge is -2.15. The molecule has 0 bridgehead atoms. The topological polar surface area (TPSA) is 68.8 Å². The number of hydrogen-bond acceptors (Lipinski definition) is 5. The Balaban J connectivity index is 1.91. The summed E-state index contributed by atoms with van der Waals surface area (Å²) in [6, 6.07) is 11.1. The first-order valence-electron chi connectivity index (χ1n) is 8.90. The van der Waals surface area contributed by atoms with E-state index in [0.29, 0.717) is 28.9 Å². The van der Waals surface area contributed by atoms with Gasteiger partial charge in [0.1, 0.15) is 17.2 Å². The zero-order valence-electron chi connectivity index (χ0n) is 16.8. The summed E-state index contributed by atoms with van der Waals surface area (Å²) in [5, 5.41) is 5.67. The van der Waals surface area contributed by atoms with E-state index in [0.717, 1.165) is 5.56 Å². The Labute approximate surface area is 171 Å². The van der Waals surface area contributed by atoms with Gasteiger partial charge in [0.05, 0.1) is 19.9 Å². The van der Waals surface area contributed by atoms with Crippen molar-refractivity contribution >= 4 is 28.9 Å². The number of anilines is 1. The van der Waals surface area contributed by atoms with Gasteiger partial charge in [0.2, 0.25) is 0 Å². The highest BCUT2D eigenvalue weighted by atomic mass is 32.1. The largest absolute Gasteiger partial charge is 0.497 e. The number of methoxy groups -OCH3 is 2. The highest BCUT2D eigenvalue weighted by Gasteiger charge is 2.11. The Morgan fingerprint density at radius 1 is 1.07 bits per heavy atom. The van der Waals surface area contributed by atoms with Gasteiger partial charge in [0.15, 0.2) is 11.7 Å². The number of thiocarbonyl (C=S) groups is 1. The van der Waals surface area contributed by atoms with Crippen LogP contribution in [0.3, 0.4) is 0 Å². The fraction of sp³-hybridized carbons (Fsp3) is 0.333. The maximum atomic E-state index is 12.1. The van der Waals surface area contributed by atoms with Crippen molar-refractivity contribution in [1.82, 2.24) is 5.32 Å². The number of amides is 1. The summed E-state index contributed by atoms with van der Waals surface area (Å²) >= 11 is 5.20. The van der Waals surface area contributed by atoms with Gasteiger partial charge >= 0.3 is 0 Å². The molecule has 0 saturated carbocycles. The predicted molar refractivity (Wildman–Crippen MR) is 115 cm³/mol. The fourth-order valence-electron chi connectivity index (χ4n) is 2.76. The van der Waals surface area contributed by atoms with E-state index >= 15 is 0 Å². The van der Waals surface area contributed by atoms with Crippen LogP contribution in [0.2, 0.25) is 0 Å². The number of nitrogens with one attached hydrogen (secondary N) is 2. The summed E-state index contributed by atoms with van der Waals surface area (Å²) in [4.78, 5) is 12.1. The van der Waals surface area contributed by atoms with Crippen molar-refractivity contribution in [2.24, 2.45) is 0 Å². The van der Waals surface area contributed by atoms with Crippen LogP contribution in [0, 0.1) is 6.92 Å². The SMILES string of the molecule is COc1ccc(OC)c(NC(=S)NC(=O)COc2ccc(C(C)C)c(C)c2)c1. The van der Waals surface area contributed by atoms with E-state index in [2.05, 4.69) is 24.5 Å². The van der Waals surface area contributed by atoms with Gasteiger partial charge in [-0.25, -0.2) is 0 Å². The number of hydrogen-bond donors (Lipinski definition) is 2. The van der Waals surface area contributed by atoms with Crippen molar-refractivity contribution in [3.63, 3.8) is 0 Å². The minimum absolute atomic E-state index is 0.141. The molecule has 2 rings (SSSR count). The summed E-state index contributed by atoms with van der Waals surface area (Å²) in [6.45, 7) is 6.17. The Morgan fingerprint density at radius 3 is 2.39 bits per heavy atom. The molecular formula is C21H26N2O4S. The van der Waals surface area contributed by atoms with Crippen LogP contribution in [0.4, 0.5) is 5.69 Å². The Bertz CT molecular complexity index is 852. The first-order chi connectivity index (χ1) is 13.3. The molecule has 2 aromatic carbocycles. The Hall–Kier alpha value is -2.80. The fourth-order valence-corrected chi connectivity index (χ4v) is 2.99. The van der Waals surface area contributed by atoms with Crippen molar-refractivity contribution in [2.45, 2.75) is 26.7 Å². The molecule has 0 aliphatic rings. The lowest BCUT2D eigenvalue weighted by atomic mass is 9.98. The standard InChI is InChI=1S/C21H26N2O4S/c1-13(2)17-8-6-16(10-14(17)3)27-12-20(24)23-21(28)22-18-11-15(25-4)7-9-19(18)26-5/h6-11,13H,12H2,1-5H3,(H2,22,23,24,28). The molecule has 0 aromatic heterocycles. The maximum absolute atomic E-state index is 12.1. The first kappa shape index (κ1) is 21.5. The Morgan fingerprint density at radius 2 is 1.79 bits per heavy atom. The summed E-state index contributed by atoms with van der Waals surface area (Å²) in [6.07, 6.45) is 0. The van der Waals surface area contributed by atoms with Crippen LogP contribution in [0.15, 0.2) is 36.4 Å². The summed E-state index contributed by atoms with van der Waals surface area (Å²) in [5.41, 5.74) is 2.98. The highest BCUT2D eigenvalue weighted by Crippen LogP contribution is 2.28. The number of ether oxygens (including phenoxy) is 3. The second-order valence-electron chi connectivity index (χ2n) is 6.53. The van der Waals surface area contributed by atoms with Gasteiger partial charge in [0, 0.05) is 6.07 Å². The smallest absolute Gasteiger partial charge is 0.264 e. The number of carbonyl (C=O) groups excluding carboxylic acids is 1. The second-order valence-corrected chi connectivity index (χ2v) is 6.94. The van der Waals surface area contributed by atoms with Crippen LogP contribution < -0.4 is 24.8 Å². The molecule has 1 amide bonds. The van der Waals surface area contributed by atoms with Gasteiger partial charge in [-0.3, -0.25) is 10.1 Å². The lowest BCUT2D eigenvalue weighted by Crippen LogP contribution is -2.37. The first-order valence-corrected chi connectivity index (χ1v) is 9.31. The quantitative estimate of drug-likeness (QED) is 0.682. The second kappa shape index (κ2) is 9.94. The average molecular weight is 403 g/mol. The van der Waals surface area contributed by atoms with E-state index in [-0.39, 0.29) is 17.6 Å². The third-order valence-corrected chi connectivity index (χ3v) is 4.35. The molecule has 0 fully saturated rings. The zero-order chi connectivity index (χ0) is 20.7. The molecule has 2 aromatic rings. The number of rotatable bonds is 7. The van der Waals surface area contributed by atoms with Crippen molar-refractivity contribution in [1.29, 1.82) is 0 Å². The molecular weight excluding hydrogens is 376 g/mol. The van der Waals surface area contributed by atoms with Crippen molar-refractivity contribution < 1.29 is 19.0 Å². The van der Waals surface area contributed by atoms with E-state index in [9.17, 15) is 4.79 Å². The van der Waals surface area contributed by atoms with Crippen molar-refractivity contribution in [3.8, 4) is 17.2 Å². The van der Waals surface area contributed by atoms with E-state index in [4.69, 9.17) is 26.4 Å². The molecule has 0 heterocycles. The third kappa shape index (κ3) is 5.85. The third-order valence-electron chi connectivity index (χ3n) is 4.14. The molecule has 0 radical (unpaired) electrons. The van der Waals surface area contributed by atoms with E-state index < -0.39 is 0 Å². The van der Waals surface area contributed by atoms with Crippen molar-refractivity contribution in [3.05, 3.63) is 47.5 Å². The van der Waals surface area contributed by atoms with Gasteiger partial charge < -0.3 is 19.5 Å². The number of benzene rings is 2. The Kier molecular flexibility index (Phi) is 7.63. The van der Waals surface area contributed by atoms with Crippen LogP contribution in [0.1, 0.15) is 30.9 Å². The highest BCUT2D eigenvalue weighted by molar-refractivity contribution is 7.80. The van der Waals surface area contributed by atoms with Crippen LogP contribution in [-0.2, 0) is 4.79 Å². The van der Waals surface area contributed by atoms with Gasteiger partial charge in [0.25, 0.3) is 5.91 Å². The van der Waals surface area contributed by atoms with E-state index in [1.165, 1.54) is 5.56 Å². The minimum Gasteiger partial charge on any atom is -0.497 e. The lowest BCUT2D eigenvalue weighted by molar-refractivity contribution is -0.121. The number of aryl methyl sites for hydroxylation is 1. The van der Waals surface area contributed by atoms with Crippen LogP contribution in [0.25, 0.3) is 0 Å². The molecule has 0 atom stereocenters. The van der Waals surface area contributed by atoms with Crippen LogP contribution in [0.5, 0.6) is 17.2 Å². The monoisotopic (exact) mass is 402 g/mol. The van der Waals surface area contributed by atoms with Gasteiger partial charge in [-0.2, -0.15) is 0 Å². The molecule has 0 saturated heterocycles. The van der Waals surface area contributed by atoms with Gasteiger partial charge in [-0.1, -0.05) is 19.9 Å². The molecule has 7 heteroatoms. The molecule has 0 unspecified atom stereocenters. The van der Waals surface area contributed by atoms with Crippen LogP contribution >= 0.6 is 12.2 Å². The normalized spacial score (nSPS) is 10.4. The summed E-state index contributed by atoms with van der Waals surface area (Å²) < 4.78 is 16.0. The van der Waals surface area contributed by atoms with Gasteiger partial charge in [-0.15, -0.1) is 0 Å². The van der Waals surface area contributed by atoms with Crippen LogP contribution in [-0.4, -0.2) is 31.8 Å². The minimum atomic E-state index is -0.357. The maximum Gasteiger partial charge on any atom is 0.264 e. The molecule has 150 valence electrons. The molecule has 0 aliphatic carbocycles. The molecule has 0 spiro atoms. The van der Waals surface area contributed by atoms with E-state index in [1.54, 1.807) is 32.4 Å². The molecule has 2 N–H and O–H groups in total. The molecule has 0 aliphatic heterocycles. The summed E-state index contributed by atoms with van der Waals surface area (Å²) in [5.74, 6) is 1.94. The zero-order valence-corrected chi connectivity index (χ0v) is 17.6. The number of carbonyl (C=O) groups is 1. The summed E-state index contributed by atoms with van der Waals surface area (Å²) in [7, 11) is 3.12. The molecule has 28 heavy (non-hydrogen) atoms. The predicted octanol–water partition coefficient (Wildman–Crippen LogP) is 4.03. The van der Waals surface area contributed by atoms with Crippen molar-refractivity contribution in [2.75, 3.05) is 26.1 Å². The average Bonchev–Trinajstić information content (AvgIpc) is 2.65. The molecule has 6 nitrogen and oxygen atoms in total.